The Hall–Kier alpha value is -0.950. The summed E-state index contributed by atoms with van der Waals surface area (Å²) in [7, 11) is 0. The second-order valence-electron chi connectivity index (χ2n) is 3.63. The zero-order valence-electron chi connectivity index (χ0n) is 8.89. The van der Waals surface area contributed by atoms with Gasteiger partial charge in [-0.25, -0.2) is 4.68 Å². The Bertz CT molecular complexity index is 478. The highest BCUT2D eigenvalue weighted by Crippen LogP contribution is 2.11. The summed E-state index contributed by atoms with van der Waals surface area (Å²) in [4.78, 5) is 0. The van der Waals surface area contributed by atoms with E-state index in [-0.39, 0.29) is 6.61 Å². The lowest BCUT2D eigenvalue weighted by atomic mass is 10.1. The maximum Gasteiger partial charge on any atom is 0.125 e. The van der Waals surface area contributed by atoms with Gasteiger partial charge >= 0.3 is 0 Å². The SMILES string of the molecule is Cc1ccc(Cn2nnc(CO)c2I)cc1. The molecule has 0 unspecified atom stereocenters. The summed E-state index contributed by atoms with van der Waals surface area (Å²) in [5.74, 6) is 0. The minimum absolute atomic E-state index is 0.0633. The molecule has 1 aromatic carbocycles. The number of aliphatic hydroxyl groups excluding tert-OH is 1. The van der Waals surface area contributed by atoms with Gasteiger partial charge in [0.05, 0.1) is 13.2 Å². The molecule has 1 heterocycles. The van der Waals surface area contributed by atoms with Crippen LogP contribution in [0.25, 0.3) is 0 Å². The molecule has 2 aromatic rings. The van der Waals surface area contributed by atoms with Crippen LogP contribution in [-0.2, 0) is 13.2 Å². The lowest BCUT2D eigenvalue weighted by Gasteiger charge is -2.03. The van der Waals surface area contributed by atoms with Gasteiger partial charge < -0.3 is 5.11 Å². The Balaban J connectivity index is 2.20. The summed E-state index contributed by atoms with van der Waals surface area (Å²) in [5.41, 5.74) is 3.05. The zero-order valence-corrected chi connectivity index (χ0v) is 11.0. The van der Waals surface area contributed by atoms with Gasteiger partial charge in [-0.3, -0.25) is 0 Å². The minimum Gasteiger partial charge on any atom is -0.390 e. The van der Waals surface area contributed by atoms with Gasteiger partial charge in [0, 0.05) is 0 Å². The van der Waals surface area contributed by atoms with Crippen molar-refractivity contribution in [1.29, 1.82) is 0 Å². The fourth-order valence-electron chi connectivity index (χ4n) is 1.40. The van der Waals surface area contributed by atoms with Crippen molar-refractivity contribution in [2.45, 2.75) is 20.1 Å². The van der Waals surface area contributed by atoms with Gasteiger partial charge in [-0.15, -0.1) is 5.10 Å². The lowest BCUT2D eigenvalue weighted by Crippen LogP contribution is -2.04. The molecular weight excluding hydrogens is 317 g/mol. The van der Waals surface area contributed by atoms with E-state index >= 15 is 0 Å². The van der Waals surface area contributed by atoms with Crippen LogP contribution in [0, 0.1) is 10.6 Å². The molecule has 0 saturated carbocycles. The number of rotatable bonds is 3. The van der Waals surface area contributed by atoms with Crippen molar-refractivity contribution in [3.8, 4) is 0 Å². The smallest absolute Gasteiger partial charge is 0.125 e. The molecule has 5 heteroatoms. The maximum atomic E-state index is 9.01. The van der Waals surface area contributed by atoms with Crippen LogP contribution in [0.5, 0.6) is 0 Å². The Morgan fingerprint density at radius 1 is 1.31 bits per heavy atom. The average molecular weight is 329 g/mol. The second kappa shape index (κ2) is 4.92. The first-order valence-corrected chi connectivity index (χ1v) is 6.03. The van der Waals surface area contributed by atoms with Gasteiger partial charge in [-0.2, -0.15) is 0 Å². The molecule has 0 atom stereocenters. The molecule has 0 amide bonds. The first-order chi connectivity index (χ1) is 7.70. The number of halogens is 1. The fourth-order valence-corrected chi connectivity index (χ4v) is 1.95. The molecule has 0 aliphatic heterocycles. The monoisotopic (exact) mass is 329 g/mol. The number of nitrogens with zero attached hydrogens (tertiary/aromatic N) is 3. The molecule has 1 aromatic heterocycles. The number of aryl methyl sites for hydroxylation is 1. The summed E-state index contributed by atoms with van der Waals surface area (Å²) < 4.78 is 2.68. The summed E-state index contributed by atoms with van der Waals surface area (Å²) in [6.45, 7) is 2.69. The molecule has 0 bridgehead atoms. The van der Waals surface area contributed by atoms with Crippen LogP contribution in [0.2, 0.25) is 0 Å². The van der Waals surface area contributed by atoms with E-state index in [0.717, 1.165) is 3.70 Å². The van der Waals surface area contributed by atoms with E-state index in [4.69, 9.17) is 5.11 Å². The van der Waals surface area contributed by atoms with Gasteiger partial charge in [0.1, 0.15) is 9.39 Å². The van der Waals surface area contributed by atoms with E-state index in [9.17, 15) is 0 Å². The third kappa shape index (κ3) is 2.41. The Morgan fingerprint density at radius 3 is 2.56 bits per heavy atom. The Morgan fingerprint density at radius 2 is 2.00 bits per heavy atom. The molecular formula is C11H12IN3O. The summed E-state index contributed by atoms with van der Waals surface area (Å²) >= 11 is 2.15. The van der Waals surface area contributed by atoms with Crippen LogP contribution < -0.4 is 0 Å². The predicted octanol–water partition coefficient (Wildman–Crippen LogP) is 1.73. The highest BCUT2D eigenvalue weighted by molar-refractivity contribution is 14.1. The van der Waals surface area contributed by atoms with Crippen LogP contribution in [0.1, 0.15) is 16.8 Å². The molecule has 84 valence electrons. The van der Waals surface area contributed by atoms with E-state index in [1.165, 1.54) is 11.1 Å². The molecule has 16 heavy (non-hydrogen) atoms. The Labute approximate surface area is 107 Å². The van der Waals surface area contributed by atoms with Crippen molar-refractivity contribution in [3.05, 3.63) is 44.8 Å². The molecule has 0 radical (unpaired) electrons. The van der Waals surface area contributed by atoms with Gasteiger partial charge in [0.2, 0.25) is 0 Å². The topological polar surface area (TPSA) is 50.9 Å². The maximum absolute atomic E-state index is 9.01. The highest BCUT2D eigenvalue weighted by atomic mass is 127. The highest BCUT2D eigenvalue weighted by Gasteiger charge is 2.08. The van der Waals surface area contributed by atoms with Gasteiger partial charge in [-0.05, 0) is 35.1 Å². The average Bonchev–Trinajstić information content (AvgIpc) is 2.63. The van der Waals surface area contributed by atoms with Gasteiger partial charge in [0.25, 0.3) is 0 Å². The summed E-state index contributed by atoms with van der Waals surface area (Å²) in [6, 6.07) is 8.30. The zero-order chi connectivity index (χ0) is 11.5. The van der Waals surface area contributed by atoms with Crippen LogP contribution in [-0.4, -0.2) is 20.1 Å². The van der Waals surface area contributed by atoms with Crippen LogP contribution >= 0.6 is 22.6 Å². The normalized spacial score (nSPS) is 10.7. The third-order valence-corrected chi connectivity index (χ3v) is 3.52. The second-order valence-corrected chi connectivity index (χ2v) is 4.65. The van der Waals surface area contributed by atoms with E-state index < -0.39 is 0 Å². The molecule has 0 saturated heterocycles. The number of aliphatic hydroxyl groups is 1. The van der Waals surface area contributed by atoms with Gasteiger partial charge in [-0.1, -0.05) is 35.0 Å². The molecule has 0 fully saturated rings. The molecule has 2 rings (SSSR count). The molecule has 0 spiro atoms. The van der Waals surface area contributed by atoms with Crippen molar-refractivity contribution < 1.29 is 5.11 Å². The van der Waals surface area contributed by atoms with Crippen molar-refractivity contribution >= 4 is 22.6 Å². The van der Waals surface area contributed by atoms with Crippen molar-refractivity contribution in [3.63, 3.8) is 0 Å². The number of benzene rings is 1. The van der Waals surface area contributed by atoms with E-state index in [1.54, 1.807) is 4.68 Å². The molecule has 4 nitrogen and oxygen atoms in total. The summed E-state index contributed by atoms with van der Waals surface area (Å²) in [6.07, 6.45) is 0. The lowest BCUT2D eigenvalue weighted by molar-refractivity contribution is 0.275. The first kappa shape index (κ1) is 11.5. The van der Waals surface area contributed by atoms with Crippen LogP contribution in [0.15, 0.2) is 24.3 Å². The van der Waals surface area contributed by atoms with E-state index in [0.29, 0.717) is 12.2 Å². The third-order valence-electron chi connectivity index (χ3n) is 2.34. The predicted molar refractivity (Wildman–Crippen MR) is 68.9 cm³/mol. The van der Waals surface area contributed by atoms with Crippen molar-refractivity contribution in [1.82, 2.24) is 15.0 Å². The molecule has 0 aliphatic rings. The number of hydrogen-bond acceptors (Lipinski definition) is 3. The van der Waals surface area contributed by atoms with Gasteiger partial charge in [0.15, 0.2) is 0 Å². The van der Waals surface area contributed by atoms with Crippen LogP contribution in [0.4, 0.5) is 0 Å². The molecule has 0 aliphatic carbocycles. The number of aromatic nitrogens is 3. The standard InChI is InChI=1S/C11H12IN3O/c1-8-2-4-9(5-3-8)6-15-11(12)10(7-16)13-14-15/h2-5,16H,6-7H2,1H3. The summed E-state index contributed by atoms with van der Waals surface area (Å²) in [5, 5.41) is 16.9. The van der Waals surface area contributed by atoms with E-state index in [1.807, 2.05) is 0 Å². The van der Waals surface area contributed by atoms with Crippen molar-refractivity contribution in [2.24, 2.45) is 0 Å². The quantitative estimate of drug-likeness (QED) is 0.873. The largest absolute Gasteiger partial charge is 0.390 e. The van der Waals surface area contributed by atoms with Crippen LogP contribution in [0.3, 0.4) is 0 Å². The van der Waals surface area contributed by atoms with Crippen molar-refractivity contribution in [2.75, 3.05) is 0 Å². The number of hydrogen-bond donors (Lipinski definition) is 1. The molecule has 1 N–H and O–H groups in total. The first-order valence-electron chi connectivity index (χ1n) is 4.95. The Kier molecular flexibility index (Phi) is 3.55. The fraction of sp³-hybridized carbons (Fsp3) is 0.273. The minimum atomic E-state index is -0.0633. The van der Waals surface area contributed by atoms with E-state index in [2.05, 4.69) is 64.1 Å².